The van der Waals surface area contributed by atoms with E-state index in [-0.39, 0.29) is 23.0 Å². The number of hydrogen-bond donors (Lipinski definition) is 2. The Hall–Kier alpha value is -3.18. The molecule has 3 aromatic rings. The molecule has 1 aromatic carbocycles. The molecule has 44 heavy (non-hydrogen) atoms. The Labute approximate surface area is 263 Å². The first-order valence-electron chi connectivity index (χ1n) is 15.5. The van der Waals surface area contributed by atoms with Crippen LogP contribution in [-0.4, -0.2) is 42.7 Å². The van der Waals surface area contributed by atoms with Gasteiger partial charge in [-0.15, -0.1) is 0 Å². The van der Waals surface area contributed by atoms with Crippen molar-refractivity contribution in [1.29, 1.82) is 0 Å². The van der Waals surface area contributed by atoms with Crippen molar-refractivity contribution >= 4 is 41.0 Å². The Bertz CT molecular complexity index is 1670. The molecule has 1 fully saturated rings. The van der Waals surface area contributed by atoms with Crippen molar-refractivity contribution in [1.82, 2.24) is 19.3 Å². The van der Waals surface area contributed by atoms with E-state index in [9.17, 15) is 13.2 Å². The molecule has 0 radical (unpaired) electrons. The molecule has 0 saturated heterocycles. The molecule has 2 aliphatic carbocycles. The lowest BCUT2D eigenvalue weighted by atomic mass is 10.1. The molecule has 2 aromatic heterocycles. The second-order valence-corrected chi connectivity index (χ2v) is 22.2. The quantitative estimate of drug-likeness (QED) is 0.255. The summed E-state index contributed by atoms with van der Waals surface area (Å²) in [5.74, 6) is 0.869. The lowest BCUT2D eigenvalue weighted by Crippen LogP contribution is -2.43. The predicted molar refractivity (Wildman–Crippen MR) is 179 cm³/mol. The van der Waals surface area contributed by atoms with Gasteiger partial charge < -0.3 is 14.6 Å². The molecule has 238 valence electrons. The van der Waals surface area contributed by atoms with Gasteiger partial charge in [0.05, 0.1) is 19.5 Å². The largest absolute Gasteiger partial charge is 0.443 e. The summed E-state index contributed by atoms with van der Waals surface area (Å²) in [5, 5.41) is 5.95. The van der Waals surface area contributed by atoms with Crippen LogP contribution in [0.1, 0.15) is 84.0 Å². The van der Waals surface area contributed by atoms with Crippen molar-refractivity contribution in [2.75, 3.05) is 5.32 Å². The van der Waals surface area contributed by atoms with Crippen LogP contribution in [0.4, 0.5) is 10.6 Å². The zero-order chi connectivity index (χ0) is 32.1. The van der Waals surface area contributed by atoms with Crippen LogP contribution in [-0.2, 0) is 21.2 Å². The predicted octanol–water partition coefficient (Wildman–Crippen LogP) is 7.73. The summed E-state index contributed by atoms with van der Waals surface area (Å²) < 4.78 is 35.2. The first-order valence-corrected chi connectivity index (χ1v) is 20.2. The summed E-state index contributed by atoms with van der Waals surface area (Å²) >= 11 is 0. The molecule has 2 heterocycles. The van der Waals surface area contributed by atoms with Gasteiger partial charge in [0.25, 0.3) is 10.0 Å². The van der Waals surface area contributed by atoms with Crippen molar-refractivity contribution in [3.63, 3.8) is 0 Å². The molecule has 1 amide bonds. The first-order chi connectivity index (χ1) is 20.5. The van der Waals surface area contributed by atoms with Crippen LogP contribution < -0.4 is 10.0 Å². The van der Waals surface area contributed by atoms with Crippen LogP contribution in [0.15, 0.2) is 54.3 Å². The van der Waals surface area contributed by atoms with Gasteiger partial charge >= 0.3 is 6.09 Å². The molecule has 0 unspecified atom stereocenters. The maximum atomic E-state index is 12.9. The van der Waals surface area contributed by atoms with Crippen molar-refractivity contribution in [3.05, 3.63) is 65.5 Å². The Kier molecular flexibility index (Phi) is 8.52. The summed E-state index contributed by atoms with van der Waals surface area (Å²) in [6.07, 6.45) is 8.35. The fraction of sp³-hybridized carbons (Fsp3) is 0.545. The van der Waals surface area contributed by atoms with Gasteiger partial charge in [-0.1, -0.05) is 64.2 Å². The van der Waals surface area contributed by atoms with Crippen LogP contribution >= 0.6 is 0 Å². The van der Waals surface area contributed by atoms with Gasteiger partial charge in [0, 0.05) is 17.6 Å². The molecule has 0 bridgehead atoms. The minimum Gasteiger partial charge on any atom is -0.443 e. The van der Waals surface area contributed by atoms with Gasteiger partial charge in [0.1, 0.15) is 23.4 Å². The number of nitrogens with zero attached hydrogens (tertiary/aromatic N) is 3. The van der Waals surface area contributed by atoms with E-state index >= 15 is 0 Å². The van der Waals surface area contributed by atoms with Gasteiger partial charge in [-0.2, -0.15) is 0 Å². The summed E-state index contributed by atoms with van der Waals surface area (Å²) in [7, 11) is -5.92. The molecular formula is C33H47N5O4SSi. The Balaban J connectivity index is 1.41. The molecule has 11 heteroatoms. The number of anilines is 1. The van der Waals surface area contributed by atoms with Crippen LogP contribution in [0.5, 0.6) is 0 Å². The van der Waals surface area contributed by atoms with E-state index in [0.29, 0.717) is 5.54 Å². The van der Waals surface area contributed by atoms with Gasteiger partial charge in [0.2, 0.25) is 0 Å². The first kappa shape index (κ1) is 32.2. The van der Waals surface area contributed by atoms with Crippen molar-refractivity contribution in [2.45, 2.75) is 109 Å². The number of carbonyl (C=O) groups excluding carboxylic acids is 1. The molecular weight excluding hydrogens is 591 g/mol. The summed E-state index contributed by atoms with van der Waals surface area (Å²) in [4.78, 5) is 21.6. The highest BCUT2D eigenvalue weighted by Gasteiger charge is 2.49. The number of nitrogens with one attached hydrogen (secondary N) is 2. The van der Waals surface area contributed by atoms with E-state index in [1.54, 1.807) is 33.2 Å². The smallest absolute Gasteiger partial charge is 0.421 e. The van der Waals surface area contributed by atoms with Gasteiger partial charge in [-0.3, -0.25) is 0 Å². The van der Waals surface area contributed by atoms with Crippen LogP contribution in [0.25, 0.3) is 11.0 Å². The summed E-state index contributed by atoms with van der Waals surface area (Å²) in [6.45, 7) is 16.8. The average Bonchev–Trinajstić information content (AvgIpc) is 3.63. The highest BCUT2D eigenvalue weighted by atomic mass is 32.2. The zero-order valence-electron chi connectivity index (χ0n) is 27.2. The number of allylic oxidation sites excluding steroid dienone is 1. The number of sulfonamides is 1. The monoisotopic (exact) mass is 637 g/mol. The standard InChI is InChI=1S/C33H47N5O4SSi/c1-32(2,3)42-31(39)37-43(40,41)18-16-23-19-24(20-28(23)44(7,8)33(4,5)6)38-17-15-26-29(34-21-35-30(26)38)36-27-14-13-22-11-9-10-12-25(22)27/h9-12,15-18,21,23-24,27-28H,13-14,19-20H2,1-8H3,(H,37,39)(H,34,35,36)/t23-,24-,27+,28+/m1/s1. The third kappa shape index (κ3) is 6.73. The van der Waals surface area contributed by atoms with Crippen molar-refractivity contribution < 1.29 is 17.9 Å². The molecule has 5 rings (SSSR count). The van der Waals surface area contributed by atoms with E-state index < -0.39 is 29.8 Å². The van der Waals surface area contributed by atoms with Crippen molar-refractivity contribution in [3.8, 4) is 0 Å². The number of hydrogen-bond acceptors (Lipinski definition) is 7. The van der Waals surface area contributed by atoms with E-state index in [1.807, 2.05) is 4.72 Å². The Morgan fingerprint density at radius 3 is 2.50 bits per heavy atom. The minimum absolute atomic E-state index is 0.0305. The number of benzene rings is 1. The SMILES string of the molecule is CC(C)(C)OC(=O)NS(=O)(=O)C=C[C@@H]1C[C@@H](n2ccc3c(N[C@H]4CCc5ccccc54)ncnc32)C[C@@H]1[Si](C)(C)C(C)(C)C. The summed E-state index contributed by atoms with van der Waals surface area (Å²) in [5.41, 5.74) is 3.13. The third-order valence-corrected chi connectivity index (χ3v) is 17.3. The number of rotatable bonds is 7. The van der Waals surface area contributed by atoms with Crippen LogP contribution in [0.3, 0.4) is 0 Å². The van der Waals surface area contributed by atoms with E-state index in [0.717, 1.165) is 47.9 Å². The maximum Gasteiger partial charge on any atom is 0.421 e. The average molecular weight is 638 g/mol. The number of aryl methyl sites for hydroxylation is 1. The topological polar surface area (TPSA) is 115 Å². The second kappa shape index (κ2) is 11.6. The number of amides is 1. The molecule has 0 aliphatic heterocycles. The van der Waals surface area contributed by atoms with E-state index in [1.165, 1.54) is 11.1 Å². The number of carbonyl (C=O) groups is 1. The van der Waals surface area contributed by atoms with Gasteiger partial charge in [-0.25, -0.2) is 27.9 Å². The highest BCUT2D eigenvalue weighted by molar-refractivity contribution is 7.92. The molecule has 9 nitrogen and oxygen atoms in total. The van der Waals surface area contributed by atoms with E-state index in [4.69, 9.17) is 9.72 Å². The fourth-order valence-electron chi connectivity index (χ4n) is 6.77. The minimum atomic E-state index is -4.01. The third-order valence-electron chi connectivity index (χ3n) is 9.92. The van der Waals surface area contributed by atoms with Crippen molar-refractivity contribution in [2.24, 2.45) is 5.92 Å². The highest BCUT2D eigenvalue weighted by Crippen LogP contribution is 2.56. The van der Waals surface area contributed by atoms with Gasteiger partial charge in [0.15, 0.2) is 0 Å². The zero-order valence-corrected chi connectivity index (χ0v) is 29.0. The lowest BCUT2D eigenvalue weighted by Gasteiger charge is -2.44. The van der Waals surface area contributed by atoms with Crippen LogP contribution in [0, 0.1) is 5.92 Å². The molecule has 2 N–H and O–H groups in total. The Morgan fingerprint density at radius 2 is 1.80 bits per heavy atom. The normalized spacial score (nSPS) is 22.8. The molecule has 0 spiro atoms. The van der Waals surface area contributed by atoms with E-state index in [2.05, 4.69) is 85.3 Å². The molecule has 4 atom stereocenters. The number of aromatic nitrogens is 3. The lowest BCUT2D eigenvalue weighted by molar-refractivity contribution is 0.0571. The second-order valence-electron chi connectivity index (χ2n) is 15.0. The number of ether oxygens (including phenoxy) is 1. The fourth-order valence-corrected chi connectivity index (χ4v) is 10.8. The summed E-state index contributed by atoms with van der Waals surface area (Å²) in [6, 6.07) is 11.0. The molecule has 1 saturated carbocycles. The number of fused-ring (bicyclic) bond motifs is 2. The maximum absolute atomic E-state index is 12.9. The van der Waals surface area contributed by atoms with Gasteiger partial charge in [-0.05, 0) is 80.1 Å². The van der Waals surface area contributed by atoms with Crippen LogP contribution in [0.2, 0.25) is 23.7 Å². The molecule has 2 aliphatic rings. The Morgan fingerprint density at radius 1 is 1.07 bits per heavy atom.